The minimum absolute atomic E-state index is 0.0965. The fraction of sp³-hybridized carbons (Fsp3) is 0.0909. The van der Waals surface area contributed by atoms with E-state index in [1.165, 1.54) is 0 Å². The maximum Gasteiger partial charge on any atom is 0.233 e. The van der Waals surface area contributed by atoms with Gasteiger partial charge in [0.25, 0.3) is 0 Å². The molecule has 0 unspecified atom stereocenters. The summed E-state index contributed by atoms with van der Waals surface area (Å²) in [6, 6.07) is 0. The zero-order valence-corrected chi connectivity index (χ0v) is 7.36. The number of Topliss-reactive ketones (excluding diaryl/α,β-unsaturated/α-hetero) is 1. The Labute approximate surface area is 80.7 Å². The van der Waals surface area contributed by atoms with Gasteiger partial charge in [-0.25, -0.2) is 0 Å². The molecule has 0 heterocycles. The van der Waals surface area contributed by atoms with Crippen LogP contribution in [0.3, 0.4) is 0 Å². The molecule has 14 heavy (non-hydrogen) atoms. The summed E-state index contributed by atoms with van der Waals surface area (Å²) in [6.45, 7) is 0. The van der Waals surface area contributed by atoms with E-state index in [0.717, 1.165) is 6.08 Å². The van der Waals surface area contributed by atoms with Crippen LogP contribution in [0.5, 0.6) is 0 Å². The highest BCUT2D eigenvalue weighted by molar-refractivity contribution is 6.49. The highest BCUT2D eigenvalue weighted by atomic mass is 16.3. The predicted molar refractivity (Wildman–Crippen MR) is 50.6 cm³/mol. The minimum atomic E-state index is -0.659. The van der Waals surface area contributed by atoms with Crippen molar-refractivity contribution in [2.75, 3.05) is 0 Å². The Bertz CT molecular complexity index is 433. The first kappa shape index (κ1) is 8.69. The molecule has 0 radical (unpaired) electrons. The number of hydrogen-bond acceptors (Lipinski definition) is 3. The van der Waals surface area contributed by atoms with E-state index in [-0.39, 0.29) is 5.76 Å². The molecule has 2 rings (SSSR count). The van der Waals surface area contributed by atoms with Crippen LogP contribution in [0, 0.1) is 0 Å². The van der Waals surface area contributed by atoms with Gasteiger partial charge < -0.3 is 5.11 Å². The Kier molecular flexibility index (Phi) is 1.93. The molecular formula is C11H8O3. The van der Waals surface area contributed by atoms with Crippen LogP contribution < -0.4 is 0 Å². The second-order valence-corrected chi connectivity index (χ2v) is 3.11. The van der Waals surface area contributed by atoms with Crippen molar-refractivity contribution in [1.29, 1.82) is 0 Å². The van der Waals surface area contributed by atoms with E-state index in [4.69, 9.17) is 0 Å². The van der Waals surface area contributed by atoms with Crippen LogP contribution in [-0.2, 0) is 9.59 Å². The van der Waals surface area contributed by atoms with Gasteiger partial charge in [-0.2, -0.15) is 0 Å². The van der Waals surface area contributed by atoms with Crippen LogP contribution in [0.15, 0.2) is 47.3 Å². The molecule has 2 aliphatic rings. The van der Waals surface area contributed by atoms with E-state index < -0.39 is 11.6 Å². The number of carbonyl (C=O) groups is 2. The van der Waals surface area contributed by atoms with E-state index in [1.54, 1.807) is 18.2 Å². The van der Waals surface area contributed by atoms with Gasteiger partial charge in [0.05, 0.1) is 0 Å². The van der Waals surface area contributed by atoms with Gasteiger partial charge in [0, 0.05) is 17.2 Å². The summed E-state index contributed by atoms with van der Waals surface area (Å²) >= 11 is 0. The van der Waals surface area contributed by atoms with E-state index in [9.17, 15) is 14.7 Å². The Morgan fingerprint density at radius 1 is 1.21 bits per heavy atom. The number of allylic oxidation sites excluding steroid dienone is 7. The van der Waals surface area contributed by atoms with Crippen LogP contribution in [0.4, 0.5) is 0 Å². The van der Waals surface area contributed by atoms with Gasteiger partial charge in [0.15, 0.2) is 0 Å². The van der Waals surface area contributed by atoms with Gasteiger partial charge in [-0.1, -0.05) is 24.3 Å². The topological polar surface area (TPSA) is 54.4 Å². The van der Waals surface area contributed by atoms with Crippen LogP contribution in [0.1, 0.15) is 6.42 Å². The second-order valence-electron chi connectivity index (χ2n) is 3.11. The van der Waals surface area contributed by atoms with Crippen LogP contribution >= 0.6 is 0 Å². The Morgan fingerprint density at radius 3 is 2.79 bits per heavy atom. The lowest BCUT2D eigenvalue weighted by molar-refractivity contribution is -0.131. The van der Waals surface area contributed by atoms with Crippen molar-refractivity contribution in [1.82, 2.24) is 0 Å². The lowest BCUT2D eigenvalue weighted by atomic mass is 9.92. The van der Waals surface area contributed by atoms with Crippen molar-refractivity contribution in [2.45, 2.75) is 6.42 Å². The molecule has 0 bridgehead atoms. The van der Waals surface area contributed by atoms with E-state index >= 15 is 0 Å². The standard InChI is InChI=1S/C11H8O3/c12-9-6-10(13)11(14)8-5-3-1-2-4-7(8)9/h1-3,5-6,12H,4H2. The number of rotatable bonds is 0. The van der Waals surface area contributed by atoms with Crippen molar-refractivity contribution in [2.24, 2.45) is 0 Å². The van der Waals surface area contributed by atoms with Gasteiger partial charge in [0.2, 0.25) is 11.6 Å². The predicted octanol–water partition coefficient (Wildman–Crippen LogP) is 1.39. The van der Waals surface area contributed by atoms with E-state index in [1.807, 2.05) is 6.08 Å². The van der Waals surface area contributed by atoms with Gasteiger partial charge in [-0.15, -0.1) is 0 Å². The third-order valence-electron chi connectivity index (χ3n) is 2.20. The summed E-state index contributed by atoms with van der Waals surface area (Å²) < 4.78 is 0. The van der Waals surface area contributed by atoms with E-state index in [0.29, 0.717) is 17.6 Å². The van der Waals surface area contributed by atoms with Gasteiger partial charge in [0.1, 0.15) is 5.76 Å². The van der Waals surface area contributed by atoms with Gasteiger partial charge >= 0.3 is 0 Å². The monoisotopic (exact) mass is 188 g/mol. The average Bonchev–Trinajstić information content (AvgIpc) is 2.39. The average molecular weight is 188 g/mol. The molecular weight excluding hydrogens is 180 g/mol. The minimum Gasteiger partial charge on any atom is -0.507 e. The molecule has 0 atom stereocenters. The molecule has 0 aromatic carbocycles. The molecule has 3 nitrogen and oxygen atoms in total. The van der Waals surface area contributed by atoms with Gasteiger partial charge in [-0.05, 0) is 6.42 Å². The first-order valence-electron chi connectivity index (χ1n) is 4.26. The lowest BCUT2D eigenvalue weighted by Crippen LogP contribution is -2.20. The summed E-state index contributed by atoms with van der Waals surface area (Å²) in [4.78, 5) is 22.5. The van der Waals surface area contributed by atoms with E-state index in [2.05, 4.69) is 0 Å². The number of carbonyl (C=O) groups excluding carboxylic acids is 2. The summed E-state index contributed by atoms with van der Waals surface area (Å²) in [5, 5.41) is 9.48. The Morgan fingerprint density at radius 2 is 2.00 bits per heavy atom. The molecule has 3 heteroatoms. The fourth-order valence-corrected chi connectivity index (χ4v) is 1.49. The SMILES string of the molecule is O=C1C=C(O)C2=C(C=CC=CC2)C1=O. The highest BCUT2D eigenvalue weighted by Crippen LogP contribution is 2.25. The van der Waals surface area contributed by atoms with Crippen molar-refractivity contribution in [3.05, 3.63) is 47.3 Å². The van der Waals surface area contributed by atoms with Crippen molar-refractivity contribution in [3.8, 4) is 0 Å². The number of aliphatic hydroxyl groups excluding tert-OH is 1. The maximum atomic E-state index is 11.4. The molecule has 0 amide bonds. The zero-order valence-electron chi connectivity index (χ0n) is 7.36. The zero-order chi connectivity index (χ0) is 10.1. The van der Waals surface area contributed by atoms with Crippen molar-refractivity contribution in [3.63, 3.8) is 0 Å². The smallest absolute Gasteiger partial charge is 0.233 e. The first-order valence-corrected chi connectivity index (χ1v) is 4.26. The second kappa shape index (κ2) is 3.10. The van der Waals surface area contributed by atoms with Crippen molar-refractivity contribution < 1.29 is 14.7 Å². The summed E-state index contributed by atoms with van der Waals surface area (Å²) in [5.74, 6) is -1.30. The quantitative estimate of drug-likeness (QED) is 0.461. The largest absolute Gasteiger partial charge is 0.507 e. The lowest BCUT2D eigenvalue weighted by Gasteiger charge is -2.12. The number of hydrogen-bond donors (Lipinski definition) is 1. The third kappa shape index (κ3) is 1.23. The molecule has 0 saturated carbocycles. The molecule has 0 fully saturated rings. The number of ketones is 2. The van der Waals surface area contributed by atoms with Crippen LogP contribution in [0.2, 0.25) is 0 Å². The molecule has 0 aliphatic heterocycles. The molecule has 0 aromatic heterocycles. The normalized spacial score (nSPS) is 20.7. The summed E-state index contributed by atoms with van der Waals surface area (Å²) in [7, 11) is 0. The molecule has 2 aliphatic carbocycles. The Balaban J connectivity index is 2.57. The molecule has 0 spiro atoms. The van der Waals surface area contributed by atoms with Crippen molar-refractivity contribution >= 4 is 11.6 Å². The number of aliphatic hydroxyl groups is 1. The molecule has 0 aromatic rings. The third-order valence-corrected chi connectivity index (χ3v) is 2.20. The molecule has 70 valence electrons. The molecule has 0 saturated heterocycles. The van der Waals surface area contributed by atoms with Crippen LogP contribution in [0.25, 0.3) is 0 Å². The fourth-order valence-electron chi connectivity index (χ4n) is 1.49. The van der Waals surface area contributed by atoms with Gasteiger partial charge in [-0.3, -0.25) is 9.59 Å². The molecule has 1 N–H and O–H groups in total. The maximum absolute atomic E-state index is 11.4. The summed E-state index contributed by atoms with van der Waals surface area (Å²) in [5.41, 5.74) is 0.833. The Hall–Kier alpha value is -1.90. The summed E-state index contributed by atoms with van der Waals surface area (Å²) in [6.07, 6.45) is 8.31. The van der Waals surface area contributed by atoms with Crippen LogP contribution in [-0.4, -0.2) is 16.7 Å². The first-order chi connectivity index (χ1) is 6.70. The highest BCUT2D eigenvalue weighted by Gasteiger charge is 2.26.